The highest BCUT2D eigenvalue weighted by molar-refractivity contribution is 7.12. The van der Waals surface area contributed by atoms with Crippen molar-refractivity contribution in [2.45, 2.75) is 26.5 Å². The molecule has 0 spiro atoms. The lowest BCUT2D eigenvalue weighted by Gasteiger charge is -2.19. The van der Waals surface area contributed by atoms with Gasteiger partial charge in [-0.1, -0.05) is 25.1 Å². The molecule has 0 N–H and O–H groups in total. The predicted molar refractivity (Wildman–Crippen MR) is 101 cm³/mol. The summed E-state index contributed by atoms with van der Waals surface area (Å²) < 4.78 is 6.99. The molecular formula is C18H19N5O3S. The Morgan fingerprint density at radius 2 is 2.04 bits per heavy atom. The van der Waals surface area contributed by atoms with E-state index in [-0.39, 0.29) is 12.5 Å². The van der Waals surface area contributed by atoms with Gasteiger partial charge in [0.2, 0.25) is 0 Å². The van der Waals surface area contributed by atoms with Gasteiger partial charge in [-0.3, -0.25) is 4.79 Å². The zero-order chi connectivity index (χ0) is 19.2. The van der Waals surface area contributed by atoms with Crippen LogP contribution in [0.1, 0.15) is 39.2 Å². The number of esters is 1. The molecule has 0 aliphatic heterocycles. The molecule has 1 aromatic carbocycles. The fraction of sp³-hybridized carbons (Fsp3) is 0.278. The molecule has 0 atom stereocenters. The number of aromatic nitrogens is 4. The molecule has 0 bridgehead atoms. The first-order chi connectivity index (χ1) is 13.1. The average molecular weight is 385 g/mol. The van der Waals surface area contributed by atoms with Crippen molar-refractivity contribution in [3.63, 3.8) is 0 Å². The van der Waals surface area contributed by atoms with Gasteiger partial charge in [-0.2, -0.15) is 0 Å². The number of hydrogen-bond acceptors (Lipinski definition) is 7. The molecule has 3 aromatic rings. The number of anilines is 1. The van der Waals surface area contributed by atoms with Crippen LogP contribution >= 0.6 is 11.3 Å². The van der Waals surface area contributed by atoms with E-state index in [0.29, 0.717) is 28.5 Å². The number of thiophene rings is 1. The summed E-state index contributed by atoms with van der Waals surface area (Å²) in [7, 11) is 1.63. The molecular weight excluding hydrogens is 366 g/mol. The molecule has 0 saturated heterocycles. The summed E-state index contributed by atoms with van der Waals surface area (Å²) in [6.45, 7) is 2.62. The second-order valence-electron chi connectivity index (χ2n) is 5.75. The zero-order valence-electron chi connectivity index (χ0n) is 15.0. The third kappa shape index (κ3) is 4.20. The summed E-state index contributed by atoms with van der Waals surface area (Å²) in [6, 6.07) is 10.4. The highest BCUT2D eigenvalue weighted by Gasteiger charge is 2.21. The number of benzene rings is 1. The maximum Gasteiger partial charge on any atom is 0.340 e. The lowest BCUT2D eigenvalue weighted by atomic mass is 10.1. The van der Waals surface area contributed by atoms with Crippen LogP contribution in [0.4, 0.5) is 5.69 Å². The van der Waals surface area contributed by atoms with E-state index < -0.39 is 5.97 Å². The van der Waals surface area contributed by atoms with E-state index in [1.165, 1.54) is 16.2 Å². The summed E-state index contributed by atoms with van der Waals surface area (Å²) in [5.41, 5.74) is 0.786. The molecule has 0 aliphatic rings. The minimum Gasteiger partial charge on any atom is -0.454 e. The summed E-state index contributed by atoms with van der Waals surface area (Å²) in [6.07, 6.45) is 0.866. The van der Waals surface area contributed by atoms with Crippen LogP contribution in [0.5, 0.6) is 0 Å². The van der Waals surface area contributed by atoms with Gasteiger partial charge >= 0.3 is 5.97 Å². The zero-order valence-corrected chi connectivity index (χ0v) is 15.8. The topological polar surface area (TPSA) is 90.2 Å². The van der Waals surface area contributed by atoms with E-state index in [1.54, 1.807) is 42.1 Å². The van der Waals surface area contributed by atoms with E-state index in [9.17, 15) is 9.59 Å². The molecule has 0 saturated carbocycles. The molecule has 2 aromatic heterocycles. The summed E-state index contributed by atoms with van der Waals surface area (Å²) in [5.74, 6) is -0.245. The van der Waals surface area contributed by atoms with Gasteiger partial charge in [0.1, 0.15) is 0 Å². The van der Waals surface area contributed by atoms with Crippen molar-refractivity contribution < 1.29 is 14.3 Å². The van der Waals surface area contributed by atoms with Crippen LogP contribution < -0.4 is 4.90 Å². The smallest absolute Gasteiger partial charge is 0.340 e. The third-order valence-corrected chi connectivity index (χ3v) is 4.75. The number of para-hydroxylation sites is 1. The Bertz CT molecular complexity index is 923. The van der Waals surface area contributed by atoms with Gasteiger partial charge in [-0.25, -0.2) is 9.48 Å². The van der Waals surface area contributed by atoms with Crippen molar-refractivity contribution in [2.24, 2.45) is 0 Å². The average Bonchev–Trinajstić information content (AvgIpc) is 3.37. The summed E-state index contributed by atoms with van der Waals surface area (Å²) >= 11 is 1.35. The minimum absolute atomic E-state index is 0.0389. The van der Waals surface area contributed by atoms with Crippen molar-refractivity contribution in [3.8, 4) is 0 Å². The SMILES string of the molecule is CCCn1nnnc1COC(=O)c1ccccc1N(C)C(=O)c1cccs1. The molecule has 9 heteroatoms. The van der Waals surface area contributed by atoms with Crippen molar-refractivity contribution in [1.82, 2.24) is 20.2 Å². The van der Waals surface area contributed by atoms with E-state index in [1.807, 2.05) is 18.4 Å². The second-order valence-corrected chi connectivity index (χ2v) is 6.70. The molecule has 140 valence electrons. The monoisotopic (exact) mass is 385 g/mol. The van der Waals surface area contributed by atoms with Crippen LogP contribution in [-0.4, -0.2) is 39.1 Å². The van der Waals surface area contributed by atoms with E-state index in [0.717, 1.165) is 6.42 Å². The van der Waals surface area contributed by atoms with Gasteiger partial charge in [0.15, 0.2) is 12.4 Å². The minimum atomic E-state index is -0.539. The third-order valence-electron chi connectivity index (χ3n) is 3.90. The Labute approximate surface area is 160 Å². The van der Waals surface area contributed by atoms with Gasteiger partial charge in [0.25, 0.3) is 5.91 Å². The fourth-order valence-electron chi connectivity index (χ4n) is 2.53. The standard InChI is InChI=1S/C18H19N5O3S/c1-3-10-23-16(19-20-21-23)12-26-18(25)13-7-4-5-8-14(13)22(2)17(24)15-9-6-11-27-15/h4-9,11H,3,10,12H2,1-2H3. The molecule has 3 rings (SSSR count). The first-order valence-corrected chi connectivity index (χ1v) is 9.32. The first-order valence-electron chi connectivity index (χ1n) is 8.44. The first kappa shape index (κ1) is 18.7. The van der Waals surface area contributed by atoms with Gasteiger partial charge in [0, 0.05) is 13.6 Å². The number of tetrazole rings is 1. The number of carbonyl (C=O) groups is 2. The van der Waals surface area contributed by atoms with Gasteiger partial charge in [0.05, 0.1) is 16.1 Å². The second kappa shape index (κ2) is 8.54. The highest BCUT2D eigenvalue weighted by Crippen LogP contribution is 2.23. The number of aryl methyl sites for hydroxylation is 1. The fourth-order valence-corrected chi connectivity index (χ4v) is 3.23. The number of rotatable bonds is 7. The Morgan fingerprint density at radius 3 is 2.78 bits per heavy atom. The normalized spacial score (nSPS) is 10.6. The van der Waals surface area contributed by atoms with E-state index in [2.05, 4.69) is 15.5 Å². The Hall–Kier alpha value is -3.07. The van der Waals surface area contributed by atoms with Crippen molar-refractivity contribution >= 4 is 28.9 Å². The molecule has 8 nitrogen and oxygen atoms in total. The van der Waals surface area contributed by atoms with Crippen LogP contribution in [0.3, 0.4) is 0 Å². The molecule has 0 aliphatic carbocycles. The largest absolute Gasteiger partial charge is 0.454 e. The van der Waals surface area contributed by atoms with Gasteiger partial charge in [-0.05, 0) is 40.4 Å². The van der Waals surface area contributed by atoms with Crippen LogP contribution in [0.25, 0.3) is 0 Å². The molecule has 0 radical (unpaired) electrons. The maximum absolute atomic E-state index is 12.6. The maximum atomic E-state index is 12.6. The lowest BCUT2D eigenvalue weighted by molar-refractivity contribution is 0.0457. The van der Waals surface area contributed by atoms with Crippen LogP contribution in [0.2, 0.25) is 0 Å². The highest BCUT2D eigenvalue weighted by atomic mass is 32.1. The van der Waals surface area contributed by atoms with E-state index in [4.69, 9.17) is 4.74 Å². The van der Waals surface area contributed by atoms with Crippen LogP contribution in [0, 0.1) is 0 Å². The number of hydrogen-bond donors (Lipinski definition) is 0. The Kier molecular flexibility index (Phi) is 5.92. The Morgan fingerprint density at radius 1 is 1.22 bits per heavy atom. The lowest BCUT2D eigenvalue weighted by Crippen LogP contribution is -2.27. The van der Waals surface area contributed by atoms with Crippen LogP contribution in [-0.2, 0) is 17.9 Å². The molecule has 2 heterocycles. The quantitative estimate of drug-likeness (QED) is 0.581. The Balaban J connectivity index is 1.75. The van der Waals surface area contributed by atoms with Crippen LogP contribution in [0.15, 0.2) is 41.8 Å². The molecule has 0 fully saturated rings. The number of ether oxygens (including phenoxy) is 1. The van der Waals surface area contributed by atoms with Gasteiger partial charge < -0.3 is 9.64 Å². The number of amides is 1. The van der Waals surface area contributed by atoms with Crippen molar-refractivity contribution in [3.05, 3.63) is 58.0 Å². The predicted octanol–water partition coefficient (Wildman–Crippen LogP) is 2.78. The van der Waals surface area contributed by atoms with Crippen molar-refractivity contribution in [2.75, 3.05) is 11.9 Å². The molecule has 1 amide bonds. The number of nitrogens with zero attached hydrogens (tertiary/aromatic N) is 5. The van der Waals surface area contributed by atoms with Crippen molar-refractivity contribution in [1.29, 1.82) is 0 Å². The summed E-state index contributed by atoms with van der Waals surface area (Å²) in [4.78, 5) is 27.2. The summed E-state index contributed by atoms with van der Waals surface area (Å²) in [5, 5.41) is 13.2. The molecule has 0 unspecified atom stereocenters. The number of carbonyl (C=O) groups excluding carboxylic acids is 2. The van der Waals surface area contributed by atoms with E-state index >= 15 is 0 Å². The molecule has 27 heavy (non-hydrogen) atoms. The van der Waals surface area contributed by atoms with Gasteiger partial charge in [-0.15, -0.1) is 16.4 Å².